The van der Waals surface area contributed by atoms with E-state index < -0.39 is 21.5 Å². The molecule has 0 saturated carbocycles. The summed E-state index contributed by atoms with van der Waals surface area (Å²) >= 11 is 24.8. The lowest BCUT2D eigenvalue weighted by atomic mass is 9.82. The van der Waals surface area contributed by atoms with Gasteiger partial charge < -0.3 is 20.1 Å². The zero-order valence-corrected chi connectivity index (χ0v) is 33.4. The SMILES string of the molecule is Cc1ccc(C)c(OCCc2ccc(C3=C(C(=O)NCCCc4ccccc4Cl)[C@H]4CNCC(C3)N4C(=O)OC(C)(C)C(Cl)(Cl)Cl)cc2)c1C.Cl. The third-order valence-corrected chi connectivity index (χ3v) is 11.4. The number of carbonyl (C=O) groups is 2. The number of ether oxygens (including phenoxy) is 2. The molecule has 0 radical (unpaired) electrons. The Morgan fingerprint density at radius 3 is 2.31 bits per heavy atom. The normalized spacial score (nSPS) is 17.5. The van der Waals surface area contributed by atoms with Crippen LogP contribution in [0.3, 0.4) is 0 Å². The van der Waals surface area contributed by atoms with Gasteiger partial charge in [0.2, 0.25) is 9.70 Å². The Labute approximate surface area is 327 Å². The highest BCUT2D eigenvalue weighted by Crippen LogP contribution is 2.42. The van der Waals surface area contributed by atoms with Gasteiger partial charge in [0.15, 0.2) is 5.60 Å². The van der Waals surface area contributed by atoms with Crippen molar-refractivity contribution >= 4 is 76.4 Å². The average Bonchev–Trinajstić information content (AvgIpc) is 3.06. The number of nitrogens with one attached hydrogen (secondary N) is 2. The first-order chi connectivity index (χ1) is 23.7. The quantitative estimate of drug-likeness (QED) is 0.150. The van der Waals surface area contributed by atoms with E-state index in [1.54, 1.807) is 18.7 Å². The number of benzene rings is 3. The Kier molecular flexibility index (Phi) is 14.1. The van der Waals surface area contributed by atoms with Gasteiger partial charge in [0.05, 0.1) is 18.7 Å². The largest absolute Gasteiger partial charge is 0.493 e. The van der Waals surface area contributed by atoms with Crippen LogP contribution in [-0.2, 0) is 22.4 Å². The molecule has 1 saturated heterocycles. The number of piperazine rings is 1. The van der Waals surface area contributed by atoms with Gasteiger partial charge in [-0.2, -0.15) is 0 Å². The number of aryl methyl sites for hydroxylation is 3. The molecule has 12 heteroatoms. The smallest absolute Gasteiger partial charge is 0.411 e. The molecule has 2 aliphatic heterocycles. The van der Waals surface area contributed by atoms with Crippen molar-refractivity contribution in [3.63, 3.8) is 0 Å². The Hall–Kier alpha value is -2.65. The Morgan fingerprint density at radius 1 is 0.941 bits per heavy atom. The van der Waals surface area contributed by atoms with Gasteiger partial charge >= 0.3 is 6.09 Å². The van der Waals surface area contributed by atoms with Crippen molar-refractivity contribution in [2.75, 3.05) is 26.2 Å². The molecule has 3 aromatic carbocycles. The molecule has 0 aliphatic carbocycles. The van der Waals surface area contributed by atoms with Crippen molar-refractivity contribution in [3.05, 3.63) is 105 Å². The van der Waals surface area contributed by atoms with Crippen LogP contribution in [0, 0.1) is 20.8 Å². The van der Waals surface area contributed by atoms with Crippen LogP contribution < -0.4 is 15.4 Å². The number of alkyl halides is 3. The highest BCUT2D eigenvalue weighted by molar-refractivity contribution is 6.68. The first-order valence-electron chi connectivity index (χ1n) is 17.0. The number of fused-ring (bicyclic) bond motifs is 2. The summed E-state index contributed by atoms with van der Waals surface area (Å²) in [7, 11) is 0. The number of amides is 2. The number of nitrogens with zero attached hydrogens (tertiary/aromatic N) is 1. The Bertz CT molecular complexity index is 1740. The van der Waals surface area contributed by atoms with E-state index in [1.807, 2.05) is 24.3 Å². The first-order valence-corrected chi connectivity index (χ1v) is 18.5. The van der Waals surface area contributed by atoms with E-state index in [2.05, 4.69) is 67.8 Å². The summed E-state index contributed by atoms with van der Waals surface area (Å²) in [6.07, 6.45) is 1.97. The van der Waals surface area contributed by atoms with Crippen molar-refractivity contribution < 1.29 is 19.1 Å². The van der Waals surface area contributed by atoms with Crippen LogP contribution in [0.5, 0.6) is 5.75 Å². The van der Waals surface area contributed by atoms with Crippen molar-refractivity contribution in [1.29, 1.82) is 0 Å². The number of hydrogen-bond donors (Lipinski definition) is 2. The van der Waals surface area contributed by atoms with Gasteiger partial charge in [-0.1, -0.05) is 101 Å². The van der Waals surface area contributed by atoms with Crippen molar-refractivity contribution in [1.82, 2.24) is 15.5 Å². The fraction of sp³-hybridized carbons (Fsp3) is 0.436. The maximum atomic E-state index is 14.1. The number of rotatable bonds is 11. The zero-order valence-electron chi connectivity index (χ0n) is 29.6. The lowest BCUT2D eigenvalue weighted by Gasteiger charge is -2.48. The monoisotopic (exact) mass is 795 g/mol. The summed E-state index contributed by atoms with van der Waals surface area (Å²) < 4.78 is 10.2. The second-order valence-corrected chi connectivity index (χ2v) is 16.3. The topological polar surface area (TPSA) is 79.9 Å². The van der Waals surface area contributed by atoms with E-state index in [4.69, 9.17) is 55.9 Å². The van der Waals surface area contributed by atoms with E-state index in [9.17, 15) is 9.59 Å². The molecule has 2 atom stereocenters. The van der Waals surface area contributed by atoms with Gasteiger partial charge in [0.25, 0.3) is 0 Å². The van der Waals surface area contributed by atoms with Crippen LogP contribution >= 0.6 is 58.8 Å². The summed E-state index contributed by atoms with van der Waals surface area (Å²) in [5.41, 5.74) is 6.60. The number of halogens is 5. The summed E-state index contributed by atoms with van der Waals surface area (Å²) in [5.74, 6) is 0.711. The second-order valence-electron chi connectivity index (χ2n) is 13.6. The predicted molar refractivity (Wildman–Crippen MR) is 211 cm³/mol. The standard InChI is InChI=1S/C39H45Cl4N3O4.ClH/c1-24-12-13-25(2)35(26(24)3)49-20-18-27-14-16-28(17-15-27)31-21-30-22-44-23-33(46(30)37(48)50-38(4,5)39(41,42)43)34(31)36(47)45-19-8-10-29-9-6-7-11-32(29)40;/h6-7,9,11-17,30,33,44H,8,10,18-23H2,1-5H3,(H,45,47);1H/t30?,33-;/m1./s1. The minimum atomic E-state index is -1.85. The van der Waals surface area contributed by atoms with Gasteiger partial charge in [-0.3, -0.25) is 9.69 Å². The fourth-order valence-electron chi connectivity index (χ4n) is 6.53. The minimum absolute atomic E-state index is 0. The fourth-order valence-corrected chi connectivity index (χ4v) is 6.88. The van der Waals surface area contributed by atoms with E-state index >= 15 is 0 Å². The molecular formula is C39H46Cl5N3O4. The third-order valence-electron chi connectivity index (χ3n) is 9.70. The summed E-state index contributed by atoms with van der Waals surface area (Å²) in [4.78, 5) is 29.5. The summed E-state index contributed by atoms with van der Waals surface area (Å²) in [6, 6.07) is 19.3. The lowest BCUT2D eigenvalue weighted by molar-refractivity contribution is -0.118. The number of hydrogen-bond acceptors (Lipinski definition) is 5. The van der Waals surface area contributed by atoms with Gasteiger partial charge in [0.1, 0.15) is 5.75 Å². The van der Waals surface area contributed by atoms with Crippen LogP contribution in [0.1, 0.15) is 60.1 Å². The molecule has 0 aromatic heterocycles. The van der Waals surface area contributed by atoms with Crippen LogP contribution in [-0.4, -0.2) is 64.6 Å². The molecule has 51 heavy (non-hydrogen) atoms. The Morgan fingerprint density at radius 2 is 1.63 bits per heavy atom. The molecule has 0 spiro atoms. The van der Waals surface area contributed by atoms with Crippen LogP contribution in [0.15, 0.2) is 66.2 Å². The van der Waals surface area contributed by atoms with Crippen LogP contribution in [0.2, 0.25) is 5.02 Å². The molecule has 276 valence electrons. The highest BCUT2D eigenvalue weighted by Gasteiger charge is 2.49. The predicted octanol–water partition coefficient (Wildman–Crippen LogP) is 9.14. The average molecular weight is 798 g/mol. The Balaban J connectivity index is 0.00000583. The van der Waals surface area contributed by atoms with E-state index in [0.29, 0.717) is 49.7 Å². The molecular weight excluding hydrogens is 752 g/mol. The lowest BCUT2D eigenvalue weighted by Crippen LogP contribution is -2.64. The molecule has 5 rings (SSSR count). The maximum absolute atomic E-state index is 14.1. The second kappa shape index (κ2) is 17.5. The highest BCUT2D eigenvalue weighted by atomic mass is 35.6. The molecule has 2 aliphatic rings. The first kappa shape index (κ1) is 41.1. The van der Waals surface area contributed by atoms with E-state index in [0.717, 1.165) is 52.0 Å². The zero-order chi connectivity index (χ0) is 36.2. The molecule has 3 aromatic rings. The molecule has 1 fully saturated rings. The van der Waals surface area contributed by atoms with E-state index in [1.165, 1.54) is 5.56 Å². The van der Waals surface area contributed by atoms with Crippen molar-refractivity contribution in [2.24, 2.45) is 0 Å². The third kappa shape index (κ3) is 9.67. The van der Waals surface area contributed by atoms with Crippen molar-refractivity contribution in [3.8, 4) is 5.75 Å². The summed E-state index contributed by atoms with van der Waals surface area (Å²) in [5, 5.41) is 7.23. The molecule has 7 nitrogen and oxygen atoms in total. The minimum Gasteiger partial charge on any atom is -0.493 e. The van der Waals surface area contributed by atoms with Crippen LogP contribution in [0.25, 0.3) is 5.57 Å². The van der Waals surface area contributed by atoms with E-state index in [-0.39, 0.29) is 24.4 Å². The van der Waals surface area contributed by atoms with Crippen molar-refractivity contribution in [2.45, 2.75) is 81.8 Å². The molecule has 2 amide bonds. The summed E-state index contributed by atoms with van der Waals surface area (Å²) in [6.45, 7) is 11.2. The van der Waals surface area contributed by atoms with Crippen LogP contribution in [0.4, 0.5) is 4.79 Å². The van der Waals surface area contributed by atoms with Gasteiger partial charge in [0, 0.05) is 36.7 Å². The maximum Gasteiger partial charge on any atom is 0.411 e. The number of carbonyl (C=O) groups excluding carboxylic acids is 2. The molecule has 2 N–H and O–H groups in total. The van der Waals surface area contributed by atoms with Gasteiger partial charge in [-0.05, 0) is 98.9 Å². The van der Waals surface area contributed by atoms with Gasteiger partial charge in [-0.15, -0.1) is 12.4 Å². The van der Waals surface area contributed by atoms with Gasteiger partial charge in [-0.25, -0.2) is 4.79 Å². The molecule has 2 bridgehead atoms. The molecule has 2 heterocycles. The molecule has 1 unspecified atom stereocenters.